The predicted molar refractivity (Wildman–Crippen MR) is 94.5 cm³/mol. The van der Waals surface area contributed by atoms with Crippen molar-refractivity contribution in [3.05, 3.63) is 59.5 Å². The quantitative estimate of drug-likeness (QED) is 0.864. The molecule has 2 atom stereocenters. The van der Waals surface area contributed by atoms with E-state index < -0.39 is 0 Å². The molecule has 0 bridgehead atoms. The van der Waals surface area contributed by atoms with Crippen LogP contribution in [0.4, 0.5) is 10.2 Å². The van der Waals surface area contributed by atoms with Crippen LogP contribution in [0.15, 0.2) is 42.5 Å². The third-order valence-electron chi connectivity index (χ3n) is 4.18. The van der Waals surface area contributed by atoms with Crippen molar-refractivity contribution in [1.29, 1.82) is 0 Å². The van der Waals surface area contributed by atoms with Crippen molar-refractivity contribution in [1.82, 2.24) is 10.3 Å². The average molecular weight is 336 g/mol. The van der Waals surface area contributed by atoms with Gasteiger partial charge in [-0.3, -0.25) is 0 Å². The summed E-state index contributed by atoms with van der Waals surface area (Å²) < 4.78 is 12.9. The van der Waals surface area contributed by atoms with Gasteiger partial charge in [-0.1, -0.05) is 18.2 Å². The van der Waals surface area contributed by atoms with Crippen molar-refractivity contribution in [2.24, 2.45) is 0 Å². The first-order valence-corrected chi connectivity index (χ1v) is 7.87. The van der Waals surface area contributed by atoms with Gasteiger partial charge in [-0.2, -0.15) is 0 Å². The first-order chi connectivity index (χ1) is 10.7. The van der Waals surface area contributed by atoms with Gasteiger partial charge in [-0.25, -0.2) is 9.37 Å². The van der Waals surface area contributed by atoms with Crippen molar-refractivity contribution in [3.63, 3.8) is 0 Å². The highest BCUT2D eigenvalue weighted by Gasteiger charge is 2.24. The highest BCUT2D eigenvalue weighted by Crippen LogP contribution is 2.23. The lowest BCUT2D eigenvalue weighted by Crippen LogP contribution is -2.27. The average Bonchev–Trinajstić information content (AvgIpc) is 2.94. The monoisotopic (exact) mass is 335 g/mol. The molecule has 2 aromatic rings. The molecule has 0 aliphatic heterocycles. The van der Waals surface area contributed by atoms with Crippen molar-refractivity contribution < 1.29 is 4.39 Å². The zero-order valence-electron chi connectivity index (χ0n) is 13.3. The van der Waals surface area contributed by atoms with Gasteiger partial charge in [-0.05, 0) is 56.0 Å². The van der Waals surface area contributed by atoms with Gasteiger partial charge in [0.15, 0.2) is 0 Å². The topological polar surface area (TPSA) is 37.0 Å². The normalized spacial score (nSPS) is 20.1. The summed E-state index contributed by atoms with van der Waals surface area (Å²) in [6.07, 6.45) is 3.40. The van der Waals surface area contributed by atoms with Crippen LogP contribution in [-0.4, -0.2) is 17.1 Å². The number of nitrogens with zero attached hydrogens (tertiary/aromatic N) is 1. The van der Waals surface area contributed by atoms with Crippen LogP contribution in [0.3, 0.4) is 0 Å². The van der Waals surface area contributed by atoms with Gasteiger partial charge in [0.05, 0.1) is 0 Å². The molecule has 0 amide bonds. The Bertz CT molecular complexity index is 618. The highest BCUT2D eigenvalue weighted by atomic mass is 35.5. The summed E-state index contributed by atoms with van der Waals surface area (Å²) in [6.45, 7) is 2.80. The second-order valence-corrected chi connectivity index (χ2v) is 6.02. The molecule has 0 saturated heterocycles. The number of halogens is 2. The minimum Gasteiger partial charge on any atom is -0.367 e. The minimum atomic E-state index is -0.181. The number of aryl methyl sites for hydroxylation is 1. The van der Waals surface area contributed by atoms with Gasteiger partial charge in [0.25, 0.3) is 0 Å². The number of benzene rings is 1. The molecule has 0 spiro atoms. The molecular formula is C18H23ClFN3. The van der Waals surface area contributed by atoms with Crippen LogP contribution in [0.5, 0.6) is 0 Å². The fourth-order valence-corrected chi connectivity index (χ4v) is 3.00. The fraction of sp³-hybridized carbons (Fsp3) is 0.389. The lowest BCUT2D eigenvalue weighted by Gasteiger charge is -2.15. The van der Waals surface area contributed by atoms with Crippen LogP contribution >= 0.6 is 12.4 Å². The maximum atomic E-state index is 12.9. The van der Waals surface area contributed by atoms with Gasteiger partial charge in [-0.15, -0.1) is 12.4 Å². The third kappa shape index (κ3) is 5.19. The molecule has 1 fully saturated rings. The molecule has 2 N–H and O–H groups in total. The molecule has 1 aliphatic carbocycles. The van der Waals surface area contributed by atoms with Crippen molar-refractivity contribution in [3.8, 4) is 0 Å². The summed E-state index contributed by atoms with van der Waals surface area (Å²) in [6, 6.07) is 13.7. The number of pyridine rings is 1. The Morgan fingerprint density at radius 3 is 2.57 bits per heavy atom. The van der Waals surface area contributed by atoms with Crippen molar-refractivity contribution >= 4 is 18.2 Å². The fourth-order valence-electron chi connectivity index (χ4n) is 3.00. The molecule has 1 saturated carbocycles. The predicted octanol–water partition coefficient (Wildman–Crippen LogP) is 4.07. The Labute approximate surface area is 143 Å². The van der Waals surface area contributed by atoms with Crippen LogP contribution in [0.1, 0.15) is 30.5 Å². The van der Waals surface area contributed by atoms with E-state index in [2.05, 4.69) is 15.6 Å². The minimum absolute atomic E-state index is 0. The maximum absolute atomic E-state index is 12.9. The first kappa shape index (κ1) is 17.7. The van der Waals surface area contributed by atoms with Gasteiger partial charge < -0.3 is 10.6 Å². The first-order valence-electron chi connectivity index (χ1n) is 7.87. The van der Waals surface area contributed by atoms with Gasteiger partial charge >= 0.3 is 0 Å². The van der Waals surface area contributed by atoms with E-state index in [1.54, 1.807) is 0 Å². The SMILES string of the molecule is Cc1cccc(NC2CCC(NCc3ccc(F)cc3)C2)n1.Cl. The summed E-state index contributed by atoms with van der Waals surface area (Å²) in [5, 5.41) is 7.08. The van der Waals surface area contributed by atoms with E-state index in [0.29, 0.717) is 12.1 Å². The largest absolute Gasteiger partial charge is 0.367 e. The summed E-state index contributed by atoms with van der Waals surface area (Å²) in [7, 11) is 0. The number of anilines is 1. The number of rotatable bonds is 5. The highest BCUT2D eigenvalue weighted by molar-refractivity contribution is 5.85. The zero-order chi connectivity index (χ0) is 15.4. The number of nitrogens with one attached hydrogen (secondary N) is 2. The third-order valence-corrected chi connectivity index (χ3v) is 4.18. The molecule has 124 valence electrons. The number of hydrogen-bond acceptors (Lipinski definition) is 3. The van der Waals surface area contributed by atoms with Gasteiger partial charge in [0, 0.05) is 24.3 Å². The Balaban J connectivity index is 0.00000192. The van der Waals surface area contributed by atoms with Crippen LogP contribution in [0.25, 0.3) is 0 Å². The lowest BCUT2D eigenvalue weighted by atomic mass is 10.2. The summed E-state index contributed by atoms with van der Waals surface area (Å²) in [5.74, 6) is 0.781. The van der Waals surface area contributed by atoms with Crippen LogP contribution < -0.4 is 10.6 Å². The molecule has 3 nitrogen and oxygen atoms in total. The van der Waals surface area contributed by atoms with E-state index >= 15 is 0 Å². The van der Waals surface area contributed by atoms with E-state index in [4.69, 9.17) is 0 Å². The molecule has 5 heteroatoms. The lowest BCUT2D eigenvalue weighted by molar-refractivity contribution is 0.519. The van der Waals surface area contributed by atoms with Crippen molar-refractivity contribution in [2.45, 2.75) is 44.8 Å². The van der Waals surface area contributed by atoms with E-state index in [1.165, 1.54) is 12.1 Å². The Morgan fingerprint density at radius 2 is 1.83 bits per heavy atom. The molecule has 3 rings (SSSR count). The molecule has 1 heterocycles. The Hall–Kier alpha value is -1.65. The van der Waals surface area contributed by atoms with Crippen LogP contribution in [0, 0.1) is 12.7 Å². The molecular weight excluding hydrogens is 313 g/mol. The van der Waals surface area contributed by atoms with Crippen LogP contribution in [0.2, 0.25) is 0 Å². The van der Waals surface area contributed by atoms with Gasteiger partial charge in [0.2, 0.25) is 0 Å². The molecule has 1 aliphatic rings. The van der Waals surface area contributed by atoms with Crippen molar-refractivity contribution in [2.75, 3.05) is 5.32 Å². The van der Waals surface area contributed by atoms with Crippen LogP contribution in [-0.2, 0) is 6.54 Å². The number of hydrogen-bond donors (Lipinski definition) is 2. The van der Waals surface area contributed by atoms with E-state index in [-0.39, 0.29) is 18.2 Å². The standard InChI is InChI=1S/C18H22FN3.ClH/c1-13-3-2-4-18(21-13)22-17-10-9-16(11-17)20-12-14-5-7-15(19)8-6-14;/h2-8,16-17,20H,9-12H2,1H3,(H,21,22);1H. The van der Waals surface area contributed by atoms with E-state index in [1.807, 2.05) is 37.3 Å². The Kier molecular flexibility index (Phi) is 6.37. The summed E-state index contributed by atoms with van der Waals surface area (Å²) in [5.41, 5.74) is 2.16. The summed E-state index contributed by atoms with van der Waals surface area (Å²) >= 11 is 0. The number of aromatic nitrogens is 1. The van der Waals surface area contributed by atoms with Gasteiger partial charge in [0.1, 0.15) is 11.6 Å². The molecule has 2 unspecified atom stereocenters. The maximum Gasteiger partial charge on any atom is 0.126 e. The molecule has 23 heavy (non-hydrogen) atoms. The molecule has 1 aromatic carbocycles. The summed E-state index contributed by atoms with van der Waals surface area (Å²) in [4.78, 5) is 4.50. The molecule has 0 radical (unpaired) electrons. The second kappa shape index (κ2) is 8.27. The van der Waals surface area contributed by atoms with E-state index in [0.717, 1.165) is 42.9 Å². The second-order valence-electron chi connectivity index (χ2n) is 6.02. The van der Waals surface area contributed by atoms with E-state index in [9.17, 15) is 4.39 Å². The molecule has 1 aromatic heterocycles. The Morgan fingerprint density at radius 1 is 1.09 bits per heavy atom. The zero-order valence-corrected chi connectivity index (χ0v) is 14.1. The smallest absolute Gasteiger partial charge is 0.126 e.